The van der Waals surface area contributed by atoms with Crippen LogP contribution in [0.2, 0.25) is 0 Å². The lowest BCUT2D eigenvalue weighted by Crippen LogP contribution is -2.18. The topological polar surface area (TPSA) is 124 Å². The SMILES string of the molecule is Cc1ccc(-c2ccc(/C=N/NC(=O)c3ccccc3N)o2)c([N+](=O)[O-])c1. The predicted octanol–water partition coefficient (Wildman–Crippen LogP) is 3.51. The molecule has 3 N–H and O–H groups in total. The number of nitro benzene ring substituents is 1. The average molecular weight is 364 g/mol. The number of nitrogens with one attached hydrogen (secondary N) is 1. The molecular weight excluding hydrogens is 348 g/mol. The smallest absolute Gasteiger partial charge is 0.280 e. The first-order valence-corrected chi connectivity index (χ1v) is 7.99. The van der Waals surface area contributed by atoms with Crippen molar-refractivity contribution < 1.29 is 14.1 Å². The zero-order chi connectivity index (χ0) is 19.4. The van der Waals surface area contributed by atoms with E-state index < -0.39 is 10.8 Å². The number of carbonyl (C=O) groups excluding carboxylic acids is 1. The Morgan fingerprint density at radius 1 is 1.22 bits per heavy atom. The first-order valence-electron chi connectivity index (χ1n) is 7.99. The van der Waals surface area contributed by atoms with E-state index in [0.29, 0.717) is 28.3 Å². The molecule has 0 aliphatic rings. The number of rotatable bonds is 5. The van der Waals surface area contributed by atoms with Crippen LogP contribution in [0.15, 0.2) is 64.1 Å². The van der Waals surface area contributed by atoms with Crippen LogP contribution in [0, 0.1) is 17.0 Å². The number of nitro groups is 1. The lowest BCUT2D eigenvalue weighted by Gasteiger charge is -2.02. The zero-order valence-electron chi connectivity index (χ0n) is 14.4. The maximum atomic E-state index is 12.0. The molecule has 0 aliphatic heterocycles. The van der Waals surface area contributed by atoms with Gasteiger partial charge in [0.05, 0.1) is 22.3 Å². The van der Waals surface area contributed by atoms with Crippen molar-refractivity contribution in [1.29, 1.82) is 0 Å². The van der Waals surface area contributed by atoms with E-state index in [1.54, 1.807) is 55.5 Å². The van der Waals surface area contributed by atoms with Crippen molar-refractivity contribution in [2.75, 3.05) is 5.73 Å². The Bertz CT molecular complexity index is 1040. The fraction of sp³-hybridized carbons (Fsp3) is 0.0526. The predicted molar refractivity (Wildman–Crippen MR) is 101 cm³/mol. The Hall–Kier alpha value is -3.94. The molecule has 8 nitrogen and oxygen atoms in total. The normalized spacial score (nSPS) is 10.9. The number of nitrogens with two attached hydrogens (primary N) is 1. The summed E-state index contributed by atoms with van der Waals surface area (Å²) < 4.78 is 5.58. The van der Waals surface area contributed by atoms with Crippen LogP contribution in [0.5, 0.6) is 0 Å². The van der Waals surface area contributed by atoms with Crippen LogP contribution >= 0.6 is 0 Å². The molecule has 8 heteroatoms. The van der Waals surface area contributed by atoms with Gasteiger partial charge in [-0.15, -0.1) is 0 Å². The molecular formula is C19H16N4O4. The van der Waals surface area contributed by atoms with Gasteiger partial charge >= 0.3 is 0 Å². The number of anilines is 1. The van der Waals surface area contributed by atoms with Gasteiger partial charge in [-0.1, -0.05) is 18.2 Å². The number of furan rings is 1. The summed E-state index contributed by atoms with van der Waals surface area (Å²) in [5.41, 5.74) is 9.85. The van der Waals surface area contributed by atoms with Gasteiger partial charge in [0.2, 0.25) is 0 Å². The van der Waals surface area contributed by atoms with Crippen LogP contribution in [0.4, 0.5) is 11.4 Å². The van der Waals surface area contributed by atoms with Crippen LogP contribution in [0.3, 0.4) is 0 Å². The molecule has 1 amide bonds. The number of amides is 1. The number of aryl methyl sites for hydroxylation is 1. The lowest BCUT2D eigenvalue weighted by molar-refractivity contribution is -0.384. The minimum absolute atomic E-state index is 0.0410. The second kappa shape index (κ2) is 7.52. The summed E-state index contributed by atoms with van der Waals surface area (Å²) >= 11 is 0. The summed E-state index contributed by atoms with van der Waals surface area (Å²) in [6.07, 6.45) is 1.31. The second-order valence-electron chi connectivity index (χ2n) is 5.77. The van der Waals surface area contributed by atoms with E-state index in [9.17, 15) is 14.9 Å². The minimum atomic E-state index is -0.455. The van der Waals surface area contributed by atoms with Gasteiger partial charge in [-0.25, -0.2) is 5.43 Å². The number of carbonyl (C=O) groups is 1. The molecule has 27 heavy (non-hydrogen) atoms. The van der Waals surface area contributed by atoms with E-state index >= 15 is 0 Å². The quantitative estimate of drug-likeness (QED) is 0.310. The monoisotopic (exact) mass is 364 g/mol. The lowest BCUT2D eigenvalue weighted by atomic mass is 10.1. The van der Waals surface area contributed by atoms with Gasteiger partial charge in [0, 0.05) is 11.8 Å². The van der Waals surface area contributed by atoms with E-state index in [4.69, 9.17) is 10.2 Å². The summed E-state index contributed by atoms with van der Waals surface area (Å²) in [6, 6.07) is 14.7. The maximum absolute atomic E-state index is 12.0. The molecule has 0 bridgehead atoms. The van der Waals surface area contributed by atoms with Gasteiger partial charge < -0.3 is 10.2 Å². The fourth-order valence-electron chi connectivity index (χ4n) is 2.49. The van der Waals surface area contributed by atoms with Crippen LogP contribution in [0.1, 0.15) is 21.7 Å². The molecule has 0 spiro atoms. The standard InChI is InChI=1S/C19H16N4O4/c1-12-6-8-15(17(10-12)23(25)26)18-9-7-13(27-18)11-21-22-19(24)14-4-2-3-5-16(14)20/h2-11H,20H2,1H3,(H,22,24)/b21-11+. The van der Waals surface area contributed by atoms with Gasteiger partial charge in [0.1, 0.15) is 11.5 Å². The highest BCUT2D eigenvalue weighted by atomic mass is 16.6. The Labute approximate surface area is 154 Å². The van der Waals surface area contributed by atoms with E-state index in [2.05, 4.69) is 10.5 Å². The largest absolute Gasteiger partial charge is 0.455 e. The highest BCUT2D eigenvalue weighted by molar-refractivity contribution is 5.99. The van der Waals surface area contributed by atoms with Crippen molar-refractivity contribution >= 4 is 23.5 Å². The fourth-order valence-corrected chi connectivity index (χ4v) is 2.49. The molecule has 0 atom stereocenters. The van der Waals surface area contributed by atoms with E-state index in [0.717, 1.165) is 5.56 Å². The van der Waals surface area contributed by atoms with Crippen molar-refractivity contribution in [3.8, 4) is 11.3 Å². The number of para-hydroxylation sites is 1. The molecule has 136 valence electrons. The van der Waals surface area contributed by atoms with Crippen molar-refractivity contribution in [2.24, 2.45) is 5.10 Å². The minimum Gasteiger partial charge on any atom is -0.455 e. The number of nitrogens with zero attached hydrogens (tertiary/aromatic N) is 2. The molecule has 0 fully saturated rings. The Kier molecular flexibility index (Phi) is 4.98. The molecule has 3 rings (SSSR count). The van der Waals surface area contributed by atoms with Gasteiger partial charge in [-0.3, -0.25) is 14.9 Å². The molecule has 0 saturated carbocycles. The summed E-state index contributed by atoms with van der Waals surface area (Å²) in [6.45, 7) is 1.78. The van der Waals surface area contributed by atoms with E-state index in [-0.39, 0.29) is 5.69 Å². The van der Waals surface area contributed by atoms with Gasteiger partial charge in [0.25, 0.3) is 11.6 Å². The van der Waals surface area contributed by atoms with Crippen molar-refractivity contribution in [3.05, 3.63) is 81.6 Å². The number of nitrogen functional groups attached to an aromatic ring is 1. The van der Waals surface area contributed by atoms with E-state index in [1.807, 2.05) is 0 Å². The highest BCUT2D eigenvalue weighted by Crippen LogP contribution is 2.31. The van der Waals surface area contributed by atoms with Gasteiger partial charge in [-0.05, 0) is 42.8 Å². The van der Waals surface area contributed by atoms with E-state index in [1.165, 1.54) is 12.3 Å². The van der Waals surface area contributed by atoms with Crippen molar-refractivity contribution in [1.82, 2.24) is 5.43 Å². The first kappa shape index (κ1) is 17.9. The van der Waals surface area contributed by atoms with Gasteiger partial charge in [0.15, 0.2) is 0 Å². The second-order valence-corrected chi connectivity index (χ2v) is 5.77. The summed E-state index contributed by atoms with van der Waals surface area (Å²) in [4.78, 5) is 22.8. The molecule has 0 saturated heterocycles. The van der Waals surface area contributed by atoms with Crippen LogP contribution in [-0.4, -0.2) is 17.0 Å². The summed E-state index contributed by atoms with van der Waals surface area (Å²) in [7, 11) is 0. The van der Waals surface area contributed by atoms with Crippen LogP contribution in [0.25, 0.3) is 11.3 Å². The molecule has 3 aromatic rings. The zero-order valence-corrected chi connectivity index (χ0v) is 14.4. The molecule has 1 heterocycles. The third-order valence-corrected chi connectivity index (χ3v) is 3.81. The van der Waals surface area contributed by atoms with Crippen molar-refractivity contribution in [2.45, 2.75) is 6.92 Å². The Balaban J connectivity index is 1.75. The number of hydrazone groups is 1. The Morgan fingerprint density at radius 3 is 2.74 bits per heavy atom. The summed E-state index contributed by atoms with van der Waals surface area (Å²) in [5, 5.41) is 15.1. The molecule has 1 aromatic heterocycles. The number of hydrogen-bond acceptors (Lipinski definition) is 6. The maximum Gasteiger partial charge on any atom is 0.280 e. The third kappa shape index (κ3) is 4.01. The molecule has 0 unspecified atom stereocenters. The molecule has 0 aliphatic carbocycles. The molecule has 2 aromatic carbocycles. The third-order valence-electron chi connectivity index (χ3n) is 3.81. The van der Waals surface area contributed by atoms with Gasteiger partial charge in [-0.2, -0.15) is 5.10 Å². The Morgan fingerprint density at radius 2 is 2.00 bits per heavy atom. The van der Waals surface area contributed by atoms with Crippen molar-refractivity contribution in [3.63, 3.8) is 0 Å². The number of benzene rings is 2. The molecule has 0 radical (unpaired) electrons. The summed E-state index contributed by atoms with van der Waals surface area (Å²) in [5.74, 6) is 0.216. The average Bonchev–Trinajstić information content (AvgIpc) is 3.10. The van der Waals surface area contributed by atoms with Crippen LogP contribution < -0.4 is 11.2 Å². The number of hydrogen-bond donors (Lipinski definition) is 2. The first-order chi connectivity index (χ1) is 13.0. The highest BCUT2D eigenvalue weighted by Gasteiger charge is 2.18. The van der Waals surface area contributed by atoms with Crippen LogP contribution in [-0.2, 0) is 0 Å².